The van der Waals surface area contributed by atoms with Gasteiger partial charge >= 0.3 is 0 Å². The molecular weight excluding hydrogens is 294 g/mol. The van der Waals surface area contributed by atoms with Gasteiger partial charge in [-0.25, -0.2) is 4.98 Å². The number of anilines is 1. The van der Waals surface area contributed by atoms with Gasteiger partial charge in [-0.2, -0.15) is 4.98 Å². The van der Waals surface area contributed by atoms with E-state index in [4.69, 9.17) is 4.74 Å². The van der Waals surface area contributed by atoms with E-state index in [0.29, 0.717) is 11.9 Å². The highest BCUT2D eigenvalue weighted by Crippen LogP contribution is 2.18. The maximum absolute atomic E-state index is 5.65. The van der Waals surface area contributed by atoms with Crippen molar-refractivity contribution >= 4 is 21.9 Å². The highest BCUT2D eigenvalue weighted by atomic mass is 79.9. The summed E-state index contributed by atoms with van der Waals surface area (Å²) in [5.41, 5.74) is 0.927. The van der Waals surface area contributed by atoms with Gasteiger partial charge in [-0.1, -0.05) is 15.9 Å². The second kappa shape index (κ2) is 6.92. The lowest BCUT2D eigenvalue weighted by atomic mass is 10.3. The van der Waals surface area contributed by atoms with Gasteiger partial charge in [0.25, 0.3) is 0 Å². The smallest absolute Gasteiger partial charge is 0.229 e. The highest BCUT2D eigenvalue weighted by Gasteiger charge is 2.15. The Morgan fingerprint density at radius 2 is 1.94 bits per heavy atom. The average Bonchev–Trinajstić information content (AvgIpc) is 2.23. The molecule has 0 saturated heterocycles. The Bertz CT molecular complexity index is 382. The molecule has 0 fully saturated rings. The van der Waals surface area contributed by atoms with Crippen LogP contribution >= 0.6 is 15.9 Å². The zero-order valence-corrected chi connectivity index (χ0v) is 13.4. The first kappa shape index (κ1) is 15.2. The van der Waals surface area contributed by atoms with Gasteiger partial charge in [0, 0.05) is 29.7 Å². The molecule has 0 saturated carbocycles. The lowest BCUT2D eigenvalue weighted by Gasteiger charge is -2.26. The molecule has 0 spiro atoms. The van der Waals surface area contributed by atoms with Crippen LogP contribution in [0.15, 0.2) is 6.07 Å². The fourth-order valence-electron chi connectivity index (χ4n) is 1.64. The summed E-state index contributed by atoms with van der Waals surface area (Å²) in [7, 11) is 0. The quantitative estimate of drug-likeness (QED) is 0.756. The van der Waals surface area contributed by atoms with Gasteiger partial charge in [-0.3, -0.25) is 0 Å². The van der Waals surface area contributed by atoms with Crippen LogP contribution in [-0.4, -0.2) is 34.0 Å². The van der Waals surface area contributed by atoms with Crippen LogP contribution in [0, 0.1) is 6.92 Å². The van der Waals surface area contributed by atoms with E-state index in [2.05, 4.69) is 44.6 Å². The van der Waals surface area contributed by atoms with Crippen molar-refractivity contribution in [3.05, 3.63) is 11.8 Å². The number of hydrogen-bond acceptors (Lipinski definition) is 4. The molecule has 0 unspecified atom stereocenters. The summed E-state index contributed by atoms with van der Waals surface area (Å²) in [6.07, 6.45) is 0.121. The van der Waals surface area contributed by atoms with E-state index in [1.807, 2.05) is 26.8 Å². The van der Waals surface area contributed by atoms with Crippen molar-refractivity contribution in [1.29, 1.82) is 0 Å². The van der Waals surface area contributed by atoms with Crippen LogP contribution in [0.3, 0.4) is 0 Å². The van der Waals surface area contributed by atoms with Gasteiger partial charge in [0.05, 0.1) is 6.10 Å². The van der Waals surface area contributed by atoms with E-state index in [-0.39, 0.29) is 6.10 Å². The van der Waals surface area contributed by atoms with Crippen LogP contribution in [0.5, 0.6) is 5.88 Å². The molecule has 0 bridgehead atoms. The Labute approximate surface area is 118 Å². The van der Waals surface area contributed by atoms with Gasteiger partial charge in [-0.05, 0) is 34.6 Å². The first-order valence-corrected chi connectivity index (χ1v) is 7.41. The fourth-order valence-corrected chi connectivity index (χ4v) is 2.02. The maximum Gasteiger partial charge on any atom is 0.229 e. The molecular formula is C13H22BrN3O. The highest BCUT2D eigenvalue weighted by molar-refractivity contribution is 9.09. The van der Waals surface area contributed by atoms with E-state index in [0.717, 1.165) is 23.5 Å². The molecule has 1 rings (SSSR count). The summed E-state index contributed by atoms with van der Waals surface area (Å²) < 4.78 is 5.65. The van der Waals surface area contributed by atoms with Crippen LogP contribution in [0.2, 0.25) is 0 Å². The van der Waals surface area contributed by atoms with Gasteiger partial charge in [0.15, 0.2) is 0 Å². The van der Waals surface area contributed by atoms with Crippen molar-refractivity contribution in [2.24, 2.45) is 0 Å². The second-order valence-corrected chi connectivity index (χ2v) is 5.58. The summed E-state index contributed by atoms with van der Waals surface area (Å²) in [5, 5.41) is 0.892. The minimum atomic E-state index is 0.121. The molecule has 1 aromatic rings. The number of aryl methyl sites for hydroxylation is 1. The SMILES string of the molecule is Cc1cc(OC(C)C)nc(N(CCBr)C(C)C)n1. The molecule has 0 atom stereocenters. The number of aromatic nitrogens is 2. The van der Waals surface area contributed by atoms with Gasteiger partial charge < -0.3 is 9.64 Å². The summed E-state index contributed by atoms with van der Waals surface area (Å²) in [6.45, 7) is 11.1. The molecule has 1 aromatic heterocycles. The second-order valence-electron chi connectivity index (χ2n) is 4.79. The third-order valence-corrected chi connectivity index (χ3v) is 2.74. The third-order valence-electron chi connectivity index (χ3n) is 2.38. The number of ether oxygens (including phenoxy) is 1. The number of rotatable bonds is 6. The number of halogens is 1. The Hall–Kier alpha value is -0.840. The molecule has 0 N–H and O–H groups in total. The zero-order valence-electron chi connectivity index (χ0n) is 11.8. The van der Waals surface area contributed by atoms with Crippen molar-refractivity contribution in [3.63, 3.8) is 0 Å². The molecule has 18 heavy (non-hydrogen) atoms. The van der Waals surface area contributed by atoms with Gasteiger partial charge in [0.1, 0.15) is 0 Å². The van der Waals surface area contributed by atoms with Gasteiger partial charge in [0.2, 0.25) is 11.8 Å². The molecule has 0 aromatic carbocycles. The molecule has 0 aliphatic carbocycles. The molecule has 5 heteroatoms. The average molecular weight is 316 g/mol. The van der Waals surface area contributed by atoms with Gasteiger partial charge in [-0.15, -0.1) is 0 Å². The Morgan fingerprint density at radius 3 is 2.44 bits per heavy atom. The lowest BCUT2D eigenvalue weighted by molar-refractivity contribution is 0.232. The van der Waals surface area contributed by atoms with Crippen molar-refractivity contribution in [1.82, 2.24) is 9.97 Å². The normalized spacial score (nSPS) is 11.1. The molecule has 0 aliphatic heterocycles. The largest absolute Gasteiger partial charge is 0.475 e. The van der Waals surface area contributed by atoms with Crippen LogP contribution < -0.4 is 9.64 Å². The van der Waals surface area contributed by atoms with Crippen molar-refractivity contribution < 1.29 is 4.74 Å². The molecule has 102 valence electrons. The molecule has 0 radical (unpaired) electrons. The summed E-state index contributed by atoms with van der Waals surface area (Å²) in [5.74, 6) is 1.38. The van der Waals surface area contributed by atoms with Crippen LogP contribution in [0.25, 0.3) is 0 Å². The summed E-state index contributed by atoms with van der Waals surface area (Å²) in [6, 6.07) is 2.23. The predicted octanol–water partition coefficient (Wildman–Crippen LogP) is 3.18. The first-order valence-electron chi connectivity index (χ1n) is 6.29. The van der Waals surface area contributed by atoms with E-state index < -0.39 is 0 Å². The zero-order chi connectivity index (χ0) is 13.7. The van der Waals surface area contributed by atoms with Crippen LogP contribution in [0.1, 0.15) is 33.4 Å². The van der Waals surface area contributed by atoms with E-state index >= 15 is 0 Å². The Morgan fingerprint density at radius 1 is 1.28 bits per heavy atom. The topological polar surface area (TPSA) is 38.2 Å². The van der Waals surface area contributed by atoms with Crippen molar-refractivity contribution in [3.8, 4) is 5.88 Å². The molecule has 0 amide bonds. The number of hydrogen-bond donors (Lipinski definition) is 0. The third kappa shape index (κ3) is 4.44. The van der Waals surface area contributed by atoms with Crippen LogP contribution in [0.4, 0.5) is 5.95 Å². The monoisotopic (exact) mass is 315 g/mol. The van der Waals surface area contributed by atoms with E-state index in [1.165, 1.54) is 0 Å². The maximum atomic E-state index is 5.65. The van der Waals surface area contributed by atoms with E-state index in [1.54, 1.807) is 0 Å². The molecule has 1 heterocycles. The lowest BCUT2D eigenvalue weighted by Crippen LogP contribution is -2.34. The number of alkyl halides is 1. The minimum absolute atomic E-state index is 0.121. The Balaban J connectivity index is 3.02. The molecule has 0 aliphatic rings. The standard InChI is InChI=1S/C13H22BrN3O/c1-9(2)17(7-6-14)13-15-11(5)8-12(16-13)18-10(3)4/h8-10H,6-7H2,1-5H3. The van der Waals surface area contributed by atoms with Crippen LogP contribution in [-0.2, 0) is 0 Å². The number of nitrogens with zero attached hydrogens (tertiary/aromatic N) is 3. The predicted molar refractivity (Wildman–Crippen MR) is 78.8 cm³/mol. The first-order chi connectivity index (χ1) is 8.43. The summed E-state index contributed by atoms with van der Waals surface area (Å²) >= 11 is 3.46. The van der Waals surface area contributed by atoms with Crippen molar-refractivity contribution in [2.45, 2.75) is 46.8 Å². The summed E-state index contributed by atoms with van der Waals surface area (Å²) in [4.78, 5) is 11.1. The Kier molecular flexibility index (Phi) is 5.85. The molecule has 4 nitrogen and oxygen atoms in total. The minimum Gasteiger partial charge on any atom is -0.475 e. The fraction of sp³-hybridized carbons (Fsp3) is 0.692. The van der Waals surface area contributed by atoms with E-state index in [9.17, 15) is 0 Å². The van der Waals surface area contributed by atoms with Crippen molar-refractivity contribution in [2.75, 3.05) is 16.8 Å².